The van der Waals surface area contributed by atoms with Crippen LogP contribution < -0.4 is 5.32 Å². The van der Waals surface area contributed by atoms with E-state index in [1.165, 1.54) is 23.1 Å². The molecule has 8 heteroatoms. The van der Waals surface area contributed by atoms with Crippen LogP contribution in [-0.2, 0) is 17.9 Å². The quantitative estimate of drug-likeness (QED) is 0.448. The van der Waals surface area contributed by atoms with Crippen LogP contribution in [0.15, 0.2) is 65.1 Å². The maximum atomic E-state index is 13.4. The number of urea groups is 1. The molecule has 0 saturated carbocycles. The molecule has 1 aromatic heterocycles. The Morgan fingerprint density at radius 3 is 2.39 bits per heavy atom. The first-order valence-corrected chi connectivity index (χ1v) is 11.0. The number of hydrogen-bond donors (Lipinski definition) is 1. The van der Waals surface area contributed by atoms with E-state index < -0.39 is 11.8 Å². The number of anilines is 1. The number of hydrogen-bond acceptors (Lipinski definition) is 3. The molecule has 0 unspecified atom stereocenters. The van der Waals surface area contributed by atoms with Crippen molar-refractivity contribution in [3.63, 3.8) is 0 Å². The van der Waals surface area contributed by atoms with Crippen molar-refractivity contribution in [2.24, 2.45) is 0 Å². The number of carbonyl (C=O) groups excluding carboxylic acids is 2. The molecule has 33 heavy (non-hydrogen) atoms. The van der Waals surface area contributed by atoms with Crippen molar-refractivity contribution in [2.75, 3.05) is 11.9 Å². The zero-order valence-electron chi connectivity index (χ0n) is 18.8. The molecule has 0 aliphatic heterocycles. The number of rotatable bonds is 8. The van der Waals surface area contributed by atoms with Gasteiger partial charge in [0.05, 0.1) is 11.6 Å². The molecule has 0 spiro atoms. The maximum Gasteiger partial charge on any atom is 0.322 e. The molecule has 2 aromatic carbocycles. The summed E-state index contributed by atoms with van der Waals surface area (Å²) in [7, 11) is 0. The lowest BCUT2D eigenvalue weighted by Crippen LogP contribution is -2.47. The lowest BCUT2D eigenvalue weighted by molar-refractivity contribution is -0.133. The van der Waals surface area contributed by atoms with E-state index >= 15 is 0 Å². The van der Waals surface area contributed by atoms with Crippen molar-refractivity contribution < 1.29 is 18.4 Å². The Labute approximate surface area is 197 Å². The Balaban J connectivity index is 1.75. The smallest absolute Gasteiger partial charge is 0.322 e. The van der Waals surface area contributed by atoms with Crippen LogP contribution in [0.3, 0.4) is 0 Å². The molecule has 0 bridgehead atoms. The van der Waals surface area contributed by atoms with Crippen LogP contribution in [-0.4, -0.2) is 34.3 Å². The number of aryl methyl sites for hydroxylation is 1. The monoisotopic (exact) mass is 471 g/mol. The zero-order chi connectivity index (χ0) is 24.0. The van der Waals surface area contributed by atoms with Crippen LogP contribution in [0.5, 0.6) is 0 Å². The molecule has 1 N–H and O–H groups in total. The van der Waals surface area contributed by atoms with Gasteiger partial charge in [-0.3, -0.25) is 4.79 Å². The summed E-state index contributed by atoms with van der Waals surface area (Å²) in [4.78, 5) is 29.3. The second kappa shape index (κ2) is 11.0. The number of furan rings is 1. The molecule has 6 nitrogen and oxygen atoms in total. The van der Waals surface area contributed by atoms with Crippen molar-refractivity contribution in [3.05, 3.63) is 88.6 Å². The second-order valence-corrected chi connectivity index (χ2v) is 8.44. The van der Waals surface area contributed by atoms with E-state index in [1.807, 2.05) is 63.2 Å². The minimum Gasteiger partial charge on any atom is -0.464 e. The number of carbonyl (C=O) groups is 2. The van der Waals surface area contributed by atoms with Crippen molar-refractivity contribution in [3.8, 4) is 0 Å². The van der Waals surface area contributed by atoms with Gasteiger partial charge < -0.3 is 19.5 Å². The first kappa shape index (κ1) is 24.3. The topological polar surface area (TPSA) is 65.8 Å². The van der Waals surface area contributed by atoms with Gasteiger partial charge in [-0.1, -0.05) is 41.9 Å². The van der Waals surface area contributed by atoms with Crippen LogP contribution in [0.25, 0.3) is 0 Å². The summed E-state index contributed by atoms with van der Waals surface area (Å²) in [6, 6.07) is 16.5. The number of nitrogens with zero attached hydrogens (tertiary/aromatic N) is 2. The van der Waals surface area contributed by atoms with Gasteiger partial charge in [-0.15, -0.1) is 0 Å². The molecule has 0 atom stereocenters. The highest BCUT2D eigenvalue weighted by atomic mass is 35.5. The average Bonchev–Trinajstić information content (AvgIpc) is 3.19. The van der Waals surface area contributed by atoms with Gasteiger partial charge in [-0.2, -0.15) is 0 Å². The molecule has 3 amide bonds. The van der Waals surface area contributed by atoms with E-state index in [1.54, 1.807) is 4.90 Å². The standard InChI is InChI=1S/C25H27ClFN3O3/c1-17(2)30(25(32)28-20-10-12-23(27)22(26)13-20)16-24(31)29(14-19-7-5-4-6-8-19)15-21-11-9-18(3)33-21/h4-13,17H,14-16H2,1-3H3,(H,28,32). The molecular formula is C25H27ClFN3O3. The van der Waals surface area contributed by atoms with Crippen LogP contribution in [0.2, 0.25) is 5.02 Å². The molecule has 0 aliphatic carbocycles. The number of amides is 3. The molecule has 174 valence electrons. The van der Waals surface area contributed by atoms with E-state index in [-0.39, 0.29) is 30.1 Å². The predicted octanol–water partition coefficient (Wildman–Crippen LogP) is 5.85. The highest BCUT2D eigenvalue weighted by Gasteiger charge is 2.25. The van der Waals surface area contributed by atoms with Gasteiger partial charge in [0.1, 0.15) is 23.9 Å². The van der Waals surface area contributed by atoms with Gasteiger partial charge in [0.25, 0.3) is 0 Å². The lowest BCUT2D eigenvalue weighted by atomic mass is 10.2. The fraction of sp³-hybridized carbons (Fsp3) is 0.280. The third kappa shape index (κ3) is 6.83. The molecule has 0 saturated heterocycles. The van der Waals surface area contributed by atoms with Gasteiger partial charge in [0.2, 0.25) is 5.91 Å². The molecular weight excluding hydrogens is 445 g/mol. The van der Waals surface area contributed by atoms with Crippen molar-refractivity contribution >= 4 is 29.2 Å². The highest BCUT2D eigenvalue weighted by Crippen LogP contribution is 2.20. The average molecular weight is 472 g/mol. The minimum absolute atomic E-state index is 0.0947. The van der Waals surface area contributed by atoms with E-state index in [0.29, 0.717) is 18.0 Å². The summed E-state index contributed by atoms with van der Waals surface area (Å²) in [6.07, 6.45) is 0. The zero-order valence-corrected chi connectivity index (χ0v) is 19.6. The Kier molecular flexibility index (Phi) is 8.11. The summed E-state index contributed by atoms with van der Waals surface area (Å²) in [5, 5.41) is 2.59. The normalized spacial score (nSPS) is 10.8. The largest absolute Gasteiger partial charge is 0.464 e. The SMILES string of the molecule is Cc1ccc(CN(Cc2ccccc2)C(=O)CN(C(=O)Nc2ccc(F)c(Cl)c2)C(C)C)o1. The summed E-state index contributed by atoms with van der Waals surface area (Å²) >= 11 is 5.81. The van der Waals surface area contributed by atoms with Crippen molar-refractivity contribution in [2.45, 2.75) is 39.9 Å². The summed E-state index contributed by atoms with van der Waals surface area (Å²) < 4.78 is 19.1. The fourth-order valence-corrected chi connectivity index (χ4v) is 3.48. The van der Waals surface area contributed by atoms with Crippen LogP contribution in [0.1, 0.15) is 30.9 Å². The van der Waals surface area contributed by atoms with Crippen LogP contribution in [0.4, 0.5) is 14.9 Å². The van der Waals surface area contributed by atoms with Gasteiger partial charge >= 0.3 is 6.03 Å². The van der Waals surface area contributed by atoms with Crippen molar-refractivity contribution in [1.29, 1.82) is 0 Å². The number of benzene rings is 2. The molecule has 3 rings (SSSR count). The number of halogens is 2. The summed E-state index contributed by atoms with van der Waals surface area (Å²) in [5.41, 5.74) is 1.31. The Morgan fingerprint density at radius 1 is 1.06 bits per heavy atom. The van der Waals surface area contributed by atoms with E-state index in [2.05, 4.69) is 5.32 Å². The van der Waals surface area contributed by atoms with Gasteiger partial charge in [0, 0.05) is 18.3 Å². The fourth-order valence-electron chi connectivity index (χ4n) is 3.30. The predicted molar refractivity (Wildman–Crippen MR) is 126 cm³/mol. The molecule has 1 heterocycles. The third-order valence-corrected chi connectivity index (χ3v) is 5.36. The van der Waals surface area contributed by atoms with Gasteiger partial charge in [0.15, 0.2) is 0 Å². The van der Waals surface area contributed by atoms with Gasteiger partial charge in [-0.25, -0.2) is 9.18 Å². The van der Waals surface area contributed by atoms with Gasteiger partial charge in [-0.05, 0) is 56.7 Å². The molecule has 0 radical (unpaired) electrons. The molecule has 0 fully saturated rings. The van der Waals surface area contributed by atoms with Crippen LogP contribution in [0, 0.1) is 12.7 Å². The highest BCUT2D eigenvalue weighted by molar-refractivity contribution is 6.31. The molecule has 0 aliphatic rings. The van der Waals surface area contributed by atoms with Crippen molar-refractivity contribution in [1.82, 2.24) is 9.80 Å². The Morgan fingerprint density at radius 2 is 1.79 bits per heavy atom. The van der Waals surface area contributed by atoms with E-state index in [4.69, 9.17) is 16.0 Å². The second-order valence-electron chi connectivity index (χ2n) is 8.03. The Bertz CT molecular complexity index is 1100. The molecule has 3 aromatic rings. The lowest BCUT2D eigenvalue weighted by Gasteiger charge is -2.30. The number of nitrogens with one attached hydrogen (secondary N) is 1. The van der Waals surface area contributed by atoms with E-state index in [0.717, 1.165) is 11.3 Å². The summed E-state index contributed by atoms with van der Waals surface area (Å²) in [6.45, 7) is 6.01. The summed E-state index contributed by atoms with van der Waals surface area (Å²) in [5.74, 6) is 0.626. The van der Waals surface area contributed by atoms with E-state index in [9.17, 15) is 14.0 Å². The first-order chi connectivity index (χ1) is 15.7. The van der Waals surface area contributed by atoms with Crippen LogP contribution >= 0.6 is 11.6 Å². The maximum absolute atomic E-state index is 13.4. The minimum atomic E-state index is -0.574. The first-order valence-electron chi connectivity index (χ1n) is 10.6. The Hall–Kier alpha value is -3.32. The third-order valence-electron chi connectivity index (χ3n) is 5.07.